The summed E-state index contributed by atoms with van der Waals surface area (Å²) in [5.74, 6) is 1.76. The Morgan fingerprint density at radius 3 is 2.59 bits per heavy atom. The van der Waals surface area contributed by atoms with Crippen molar-refractivity contribution in [2.24, 2.45) is 0 Å². The van der Waals surface area contributed by atoms with Gasteiger partial charge in [0.05, 0.1) is 13.7 Å². The van der Waals surface area contributed by atoms with Crippen molar-refractivity contribution in [1.29, 1.82) is 0 Å². The Labute approximate surface area is 170 Å². The highest BCUT2D eigenvalue weighted by molar-refractivity contribution is 9.10. The maximum atomic E-state index is 12.2. The molecule has 27 heavy (non-hydrogen) atoms. The Kier molecular flexibility index (Phi) is 7.00. The predicted molar refractivity (Wildman–Crippen MR) is 108 cm³/mol. The lowest BCUT2D eigenvalue weighted by Gasteiger charge is -2.06. The minimum Gasteiger partial charge on any atom is -0.497 e. The Bertz CT molecular complexity index is 881. The van der Waals surface area contributed by atoms with Crippen LogP contribution in [0.1, 0.15) is 28.8 Å². The van der Waals surface area contributed by atoms with Gasteiger partial charge >= 0.3 is 0 Å². The van der Waals surface area contributed by atoms with Crippen LogP contribution in [0.2, 0.25) is 0 Å². The first-order chi connectivity index (χ1) is 13.2. The quantitative estimate of drug-likeness (QED) is 0.278. The first kappa shape index (κ1) is 19.6. The number of ether oxygens (including phenoxy) is 1. The Morgan fingerprint density at radius 1 is 1.15 bits per heavy atom. The fourth-order valence-electron chi connectivity index (χ4n) is 2.48. The van der Waals surface area contributed by atoms with Crippen LogP contribution in [0.3, 0.4) is 0 Å². The second-order valence-corrected chi connectivity index (χ2v) is 7.83. The minimum atomic E-state index is 0.154. The third kappa shape index (κ3) is 5.64. The smallest absolute Gasteiger partial charge is 0.209 e. The van der Waals surface area contributed by atoms with Crippen LogP contribution in [0, 0.1) is 0 Å². The molecule has 0 spiro atoms. The molecule has 0 saturated heterocycles. The van der Waals surface area contributed by atoms with Crippen LogP contribution in [0.15, 0.2) is 58.2 Å². The zero-order valence-electron chi connectivity index (χ0n) is 14.8. The molecule has 3 aromatic rings. The number of halogens is 1. The van der Waals surface area contributed by atoms with Gasteiger partial charge in [0.15, 0.2) is 5.78 Å². The number of ketones is 1. The van der Waals surface area contributed by atoms with E-state index in [4.69, 9.17) is 4.74 Å². The predicted octanol–water partition coefficient (Wildman–Crippen LogP) is 4.25. The van der Waals surface area contributed by atoms with Crippen LogP contribution in [-0.4, -0.2) is 38.9 Å². The summed E-state index contributed by atoms with van der Waals surface area (Å²) < 4.78 is 7.91. The van der Waals surface area contributed by atoms with Crippen molar-refractivity contribution in [3.05, 3.63) is 64.1 Å². The number of methoxy groups -OCH3 is 1. The number of hydrogen-bond donors (Lipinski definition) is 0. The third-order valence-electron chi connectivity index (χ3n) is 3.94. The summed E-state index contributed by atoms with van der Waals surface area (Å²) in [4.78, 5) is 12.2. The van der Waals surface area contributed by atoms with Gasteiger partial charge in [-0.25, -0.2) is 4.68 Å². The highest BCUT2D eigenvalue weighted by atomic mass is 79.9. The normalized spacial score (nSPS) is 10.7. The number of Topliss-reactive ketones (excluding diaryl/α,β-unsaturated/α-hetero) is 1. The van der Waals surface area contributed by atoms with Gasteiger partial charge in [0.25, 0.3) is 0 Å². The van der Waals surface area contributed by atoms with Crippen molar-refractivity contribution < 1.29 is 9.53 Å². The fraction of sp³-hybridized carbons (Fsp3) is 0.263. The van der Waals surface area contributed by atoms with E-state index in [1.807, 2.05) is 48.5 Å². The number of carbonyl (C=O) groups is 1. The molecule has 0 radical (unpaired) electrons. The summed E-state index contributed by atoms with van der Waals surface area (Å²) >= 11 is 4.94. The van der Waals surface area contributed by atoms with Crippen molar-refractivity contribution >= 4 is 33.5 Å². The molecule has 3 rings (SSSR count). The zero-order valence-corrected chi connectivity index (χ0v) is 17.2. The number of rotatable bonds is 9. The molecule has 0 unspecified atom stereocenters. The summed E-state index contributed by atoms with van der Waals surface area (Å²) in [5.41, 5.74) is 1.84. The number of benzene rings is 2. The van der Waals surface area contributed by atoms with Gasteiger partial charge in [-0.05, 0) is 46.7 Å². The maximum absolute atomic E-state index is 12.2. The lowest BCUT2D eigenvalue weighted by Crippen LogP contribution is -2.04. The monoisotopic (exact) mass is 446 g/mol. The molecule has 0 bridgehead atoms. The number of aromatic nitrogens is 4. The molecule has 6 nitrogen and oxygen atoms in total. The molecule has 8 heteroatoms. The van der Waals surface area contributed by atoms with Gasteiger partial charge in [-0.3, -0.25) is 4.79 Å². The molecule has 1 heterocycles. The van der Waals surface area contributed by atoms with Crippen LogP contribution < -0.4 is 4.74 Å². The number of nitrogens with zero attached hydrogens (tertiary/aromatic N) is 4. The zero-order chi connectivity index (χ0) is 19.1. The van der Waals surface area contributed by atoms with Crippen molar-refractivity contribution in [2.75, 3.05) is 12.9 Å². The van der Waals surface area contributed by atoms with Gasteiger partial charge in [-0.2, -0.15) is 0 Å². The van der Waals surface area contributed by atoms with E-state index in [9.17, 15) is 4.79 Å². The molecule has 0 aliphatic rings. The number of tetrazole rings is 1. The molecule has 0 N–H and O–H groups in total. The van der Waals surface area contributed by atoms with Gasteiger partial charge in [0.1, 0.15) is 5.75 Å². The number of hydrogen-bond acceptors (Lipinski definition) is 6. The molecule has 0 atom stereocenters. The van der Waals surface area contributed by atoms with Crippen LogP contribution >= 0.6 is 27.7 Å². The molecule has 1 aromatic heterocycles. The SMILES string of the molecule is COc1ccc(Cn2nnnc2SCCCC(=O)c2ccc(Br)cc2)cc1. The topological polar surface area (TPSA) is 69.9 Å². The largest absolute Gasteiger partial charge is 0.497 e. The molecule has 0 saturated carbocycles. The van der Waals surface area contributed by atoms with E-state index in [1.165, 1.54) is 0 Å². The molecule has 0 aliphatic carbocycles. The van der Waals surface area contributed by atoms with E-state index in [0.29, 0.717) is 13.0 Å². The second kappa shape index (κ2) is 9.66. The molecule has 0 aliphatic heterocycles. The van der Waals surface area contributed by atoms with E-state index in [0.717, 1.165) is 38.7 Å². The Morgan fingerprint density at radius 2 is 1.89 bits per heavy atom. The average molecular weight is 447 g/mol. The Balaban J connectivity index is 1.48. The van der Waals surface area contributed by atoms with Crippen LogP contribution in [0.4, 0.5) is 0 Å². The second-order valence-electron chi connectivity index (χ2n) is 5.85. The van der Waals surface area contributed by atoms with Gasteiger partial charge in [-0.15, -0.1) is 5.10 Å². The van der Waals surface area contributed by atoms with Gasteiger partial charge in [0, 0.05) is 22.2 Å². The number of thioether (sulfide) groups is 1. The van der Waals surface area contributed by atoms with E-state index in [1.54, 1.807) is 23.6 Å². The Hall–Kier alpha value is -2.19. The summed E-state index contributed by atoms with van der Waals surface area (Å²) in [7, 11) is 1.65. The summed E-state index contributed by atoms with van der Waals surface area (Å²) in [5, 5.41) is 12.7. The fourth-order valence-corrected chi connectivity index (χ4v) is 3.56. The molecular formula is C19H19BrN4O2S. The van der Waals surface area contributed by atoms with Crippen molar-refractivity contribution in [2.45, 2.75) is 24.5 Å². The third-order valence-corrected chi connectivity index (χ3v) is 5.51. The lowest BCUT2D eigenvalue weighted by molar-refractivity contribution is 0.0982. The summed E-state index contributed by atoms with van der Waals surface area (Å²) in [6, 6.07) is 15.3. The molecular weight excluding hydrogens is 428 g/mol. The van der Waals surface area contributed by atoms with Gasteiger partial charge in [0.2, 0.25) is 5.16 Å². The molecule has 0 amide bonds. The van der Waals surface area contributed by atoms with Crippen molar-refractivity contribution in [3.63, 3.8) is 0 Å². The summed E-state index contributed by atoms with van der Waals surface area (Å²) in [6.07, 6.45) is 1.28. The van der Waals surface area contributed by atoms with Crippen LogP contribution in [0.5, 0.6) is 5.75 Å². The highest BCUT2D eigenvalue weighted by Gasteiger charge is 2.09. The first-order valence-corrected chi connectivity index (χ1v) is 10.2. The van der Waals surface area contributed by atoms with Gasteiger partial charge < -0.3 is 4.74 Å². The first-order valence-electron chi connectivity index (χ1n) is 8.46. The lowest BCUT2D eigenvalue weighted by atomic mass is 10.1. The summed E-state index contributed by atoms with van der Waals surface area (Å²) in [6.45, 7) is 0.594. The van der Waals surface area contributed by atoms with Gasteiger partial charge in [-0.1, -0.05) is 52.0 Å². The highest BCUT2D eigenvalue weighted by Crippen LogP contribution is 2.19. The van der Waals surface area contributed by atoms with E-state index in [2.05, 4.69) is 31.5 Å². The van der Waals surface area contributed by atoms with Crippen molar-refractivity contribution in [1.82, 2.24) is 20.2 Å². The van der Waals surface area contributed by atoms with E-state index >= 15 is 0 Å². The molecule has 0 fully saturated rings. The van der Waals surface area contributed by atoms with Crippen molar-refractivity contribution in [3.8, 4) is 5.75 Å². The van der Waals surface area contributed by atoms with Crippen LogP contribution in [0.25, 0.3) is 0 Å². The molecule has 2 aromatic carbocycles. The minimum absolute atomic E-state index is 0.154. The average Bonchev–Trinajstić information content (AvgIpc) is 3.13. The van der Waals surface area contributed by atoms with E-state index < -0.39 is 0 Å². The maximum Gasteiger partial charge on any atom is 0.209 e. The van der Waals surface area contributed by atoms with E-state index in [-0.39, 0.29) is 5.78 Å². The molecule has 140 valence electrons. The number of carbonyl (C=O) groups excluding carboxylic acids is 1. The van der Waals surface area contributed by atoms with Crippen LogP contribution in [-0.2, 0) is 6.54 Å². The standard InChI is InChI=1S/C19H19BrN4O2S/c1-26-17-10-4-14(5-11-17)13-24-19(21-22-23-24)27-12-2-3-18(25)15-6-8-16(20)9-7-15/h4-11H,2-3,12-13H2,1H3.